The van der Waals surface area contributed by atoms with Gasteiger partial charge in [-0.2, -0.15) is 0 Å². The fraction of sp³-hybridized carbons (Fsp3) is 0.846. The zero-order valence-corrected chi connectivity index (χ0v) is 9.83. The summed E-state index contributed by atoms with van der Waals surface area (Å²) in [7, 11) is 0. The summed E-state index contributed by atoms with van der Waals surface area (Å²) in [6.45, 7) is 5.29. The number of ether oxygens (including phenoxy) is 1. The molecule has 0 amide bonds. The molecule has 2 nitrogen and oxygen atoms in total. The van der Waals surface area contributed by atoms with Crippen molar-refractivity contribution in [3.05, 3.63) is 11.8 Å². The minimum Gasteiger partial charge on any atom is -0.495 e. The average Bonchev–Trinajstić information content (AvgIpc) is 2.26. The standard InChI is InChI=1S/C13H22O2/c1-10-6-7-13(14,9-11(10)2)12-5-3-4-8-15-12/h5,10-11,14H,3-4,6-9H2,1-2H3. The summed E-state index contributed by atoms with van der Waals surface area (Å²) in [4.78, 5) is 0. The van der Waals surface area contributed by atoms with Crippen LogP contribution in [-0.2, 0) is 4.74 Å². The van der Waals surface area contributed by atoms with E-state index in [2.05, 4.69) is 19.9 Å². The van der Waals surface area contributed by atoms with Crippen molar-refractivity contribution in [1.82, 2.24) is 0 Å². The normalized spacial score (nSPS) is 41.9. The molecule has 0 saturated heterocycles. The predicted octanol–water partition coefficient (Wildman–Crippen LogP) is 2.87. The van der Waals surface area contributed by atoms with Crippen LogP contribution in [0.5, 0.6) is 0 Å². The second kappa shape index (κ2) is 4.17. The van der Waals surface area contributed by atoms with Crippen LogP contribution in [0.15, 0.2) is 11.8 Å². The quantitative estimate of drug-likeness (QED) is 0.721. The van der Waals surface area contributed by atoms with Gasteiger partial charge in [-0.15, -0.1) is 0 Å². The Hall–Kier alpha value is -0.500. The van der Waals surface area contributed by atoms with Crippen LogP contribution < -0.4 is 0 Å². The monoisotopic (exact) mass is 210 g/mol. The lowest BCUT2D eigenvalue weighted by Crippen LogP contribution is -2.40. The first-order valence-corrected chi connectivity index (χ1v) is 6.17. The van der Waals surface area contributed by atoms with Gasteiger partial charge < -0.3 is 9.84 Å². The summed E-state index contributed by atoms with van der Waals surface area (Å²) in [6, 6.07) is 0. The van der Waals surface area contributed by atoms with Crippen LogP contribution in [0.2, 0.25) is 0 Å². The third-order valence-corrected chi connectivity index (χ3v) is 4.04. The van der Waals surface area contributed by atoms with Gasteiger partial charge in [-0.05, 0) is 50.0 Å². The van der Waals surface area contributed by atoms with Gasteiger partial charge in [0.05, 0.1) is 6.61 Å². The molecule has 3 unspecified atom stereocenters. The van der Waals surface area contributed by atoms with Crippen LogP contribution in [0.1, 0.15) is 46.0 Å². The van der Waals surface area contributed by atoms with Crippen LogP contribution in [0, 0.1) is 11.8 Å². The SMILES string of the molecule is CC1CCC(O)(C2=CCCCO2)CC1C. The maximum atomic E-state index is 10.6. The van der Waals surface area contributed by atoms with E-state index in [1.165, 1.54) is 0 Å². The molecule has 86 valence electrons. The summed E-state index contributed by atoms with van der Waals surface area (Å²) < 4.78 is 5.62. The van der Waals surface area contributed by atoms with Crippen molar-refractivity contribution in [3.8, 4) is 0 Å². The van der Waals surface area contributed by atoms with E-state index in [0.29, 0.717) is 5.92 Å². The Labute approximate surface area is 92.3 Å². The Morgan fingerprint density at radius 3 is 2.80 bits per heavy atom. The number of aliphatic hydroxyl groups is 1. The second-order valence-electron chi connectivity index (χ2n) is 5.29. The summed E-state index contributed by atoms with van der Waals surface area (Å²) in [5.74, 6) is 2.18. The van der Waals surface area contributed by atoms with E-state index in [9.17, 15) is 5.11 Å². The van der Waals surface area contributed by atoms with Gasteiger partial charge >= 0.3 is 0 Å². The van der Waals surface area contributed by atoms with E-state index in [4.69, 9.17) is 4.74 Å². The molecular formula is C13H22O2. The van der Waals surface area contributed by atoms with Gasteiger partial charge in [0, 0.05) is 0 Å². The van der Waals surface area contributed by atoms with Gasteiger partial charge in [-0.3, -0.25) is 0 Å². The lowest BCUT2D eigenvalue weighted by atomic mass is 9.72. The predicted molar refractivity (Wildman–Crippen MR) is 60.4 cm³/mol. The Morgan fingerprint density at radius 1 is 1.40 bits per heavy atom. The zero-order valence-electron chi connectivity index (χ0n) is 9.83. The van der Waals surface area contributed by atoms with E-state index in [0.717, 1.165) is 50.4 Å². The van der Waals surface area contributed by atoms with Gasteiger partial charge in [0.1, 0.15) is 11.4 Å². The molecular weight excluding hydrogens is 188 g/mol. The summed E-state index contributed by atoms with van der Waals surface area (Å²) in [6.07, 6.45) is 7.07. The van der Waals surface area contributed by atoms with Gasteiger partial charge in [-0.1, -0.05) is 13.8 Å². The molecule has 2 rings (SSSR count). The van der Waals surface area contributed by atoms with Crippen LogP contribution in [-0.4, -0.2) is 17.3 Å². The van der Waals surface area contributed by atoms with Crippen molar-refractivity contribution in [2.24, 2.45) is 11.8 Å². The molecule has 2 heteroatoms. The number of hydrogen-bond donors (Lipinski definition) is 1. The molecule has 0 aromatic heterocycles. The Kier molecular flexibility index (Phi) is 3.06. The summed E-state index contributed by atoms with van der Waals surface area (Å²) in [5, 5.41) is 10.6. The molecule has 1 aliphatic heterocycles. The Balaban J connectivity index is 2.09. The van der Waals surface area contributed by atoms with Crippen LogP contribution >= 0.6 is 0 Å². The zero-order chi connectivity index (χ0) is 10.9. The highest BCUT2D eigenvalue weighted by atomic mass is 16.5. The van der Waals surface area contributed by atoms with Crippen LogP contribution in [0.4, 0.5) is 0 Å². The van der Waals surface area contributed by atoms with Gasteiger partial charge in [0.15, 0.2) is 0 Å². The molecule has 1 aliphatic carbocycles. The molecule has 1 fully saturated rings. The van der Waals surface area contributed by atoms with Crippen molar-refractivity contribution >= 4 is 0 Å². The largest absolute Gasteiger partial charge is 0.495 e. The van der Waals surface area contributed by atoms with E-state index >= 15 is 0 Å². The van der Waals surface area contributed by atoms with Crippen molar-refractivity contribution in [1.29, 1.82) is 0 Å². The van der Waals surface area contributed by atoms with Crippen molar-refractivity contribution in [3.63, 3.8) is 0 Å². The molecule has 0 spiro atoms. The van der Waals surface area contributed by atoms with Crippen LogP contribution in [0.3, 0.4) is 0 Å². The minimum absolute atomic E-state index is 0.593. The molecule has 1 saturated carbocycles. The molecule has 0 aromatic rings. The lowest BCUT2D eigenvalue weighted by molar-refractivity contribution is -0.0463. The topological polar surface area (TPSA) is 29.5 Å². The highest BCUT2D eigenvalue weighted by Crippen LogP contribution is 2.41. The second-order valence-corrected chi connectivity index (χ2v) is 5.29. The summed E-state index contributed by atoms with van der Waals surface area (Å²) >= 11 is 0. The third-order valence-electron chi connectivity index (χ3n) is 4.04. The molecule has 0 aromatic carbocycles. The number of hydrogen-bond acceptors (Lipinski definition) is 2. The molecule has 1 N–H and O–H groups in total. The first-order valence-electron chi connectivity index (χ1n) is 6.17. The maximum absolute atomic E-state index is 10.6. The average molecular weight is 210 g/mol. The molecule has 3 atom stereocenters. The van der Waals surface area contributed by atoms with Crippen molar-refractivity contribution in [2.45, 2.75) is 51.6 Å². The first kappa shape index (κ1) is 11.0. The molecule has 0 bridgehead atoms. The van der Waals surface area contributed by atoms with Crippen molar-refractivity contribution in [2.75, 3.05) is 6.61 Å². The van der Waals surface area contributed by atoms with Crippen molar-refractivity contribution < 1.29 is 9.84 Å². The van der Waals surface area contributed by atoms with E-state index < -0.39 is 5.60 Å². The van der Waals surface area contributed by atoms with E-state index in [-0.39, 0.29) is 0 Å². The van der Waals surface area contributed by atoms with Gasteiger partial charge in [0.2, 0.25) is 0 Å². The fourth-order valence-corrected chi connectivity index (χ4v) is 2.69. The highest BCUT2D eigenvalue weighted by molar-refractivity contribution is 5.13. The smallest absolute Gasteiger partial charge is 0.124 e. The van der Waals surface area contributed by atoms with Crippen LogP contribution in [0.25, 0.3) is 0 Å². The maximum Gasteiger partial charge on any atom is 0.124 e. The first-order chi connectivity index (χ1) is 7.12. The number of allylic oxidation sites excluding steroid dienone is 1. The molecule has 2 aliphatic rings. The van der Waals surface area contributed by atoms with Gasteiger partial charge in [0.25, 0.3) is 0 Å². The Bertz CT molecular complexity index is 259. The number of rotatable bonds is 1. The van der Waals surface area contributed by atoms with E-state index in [1.807, 2.05) is 0 Å². The minimum atomic E-state index is -0.660. The Morgan fingerprint density at radius 2 is 2.20 bits per heavy atom. The third kappa shape index (κ3) is 2.20. The molecule has 0 radical (unpaired) electrons. The summed E-state index contributed by atoms with van der Waals surface area (Å²) in [5.41, 5.74) is -0.660. The van der Waals surface area contributed by atoms with E-state index in [1.54, 1.807) is 0 Å². The highest BCUT2D eigenvalue weighted by Gasteiger charge is 2.40. The molecule has 15 heavy (non-hydrogen) atoms. The fourth-order valence-electron chi connectivity index (χ4n) is 2.69. The van der Waals surface area contributed by atoms with Gasteiger partial charge in [-0.25, -0.2) is 0 Å². The lowest BCUT2D eigenvalue weighted by Gasteiger charge is -2.40. The molecule has 1 heterocycles.